The second-order valence-corrected chi connectivity index (χ2v) is 7.06. The summed E-state index contributed by atoms with van der Waals surface area (Å²) in [7, 11) is 0. The van der Waals surface area contributed by atoms with Crippen molar-refractivity contribution in [1.29, 1.82) is 0 Å². The number of aryl methyl sites for hydroxylation is 1. The number of para-hydroxylation sites is 1. The van der Waals surface area contributed by atoms with Gasteiger partial charge in [0.1, 0.15) is 0 Å². The number of aromatic nitrogens is 2. The van der Waals surface area contributed by atoms with Crippen molar-refractivity contribution < 1.29 is 9.53 Å². The molecule has 0 bridgehead atoms. The Hall–Kier alpha value is -2.18. The maximum Gasteiger partial charge on any atom is 0.227 e. The standard InChI is InChI=1S/C19H21ClN4O2/c20-15-3-1-2-4-17(15)22-18(25)13-5-6-16-14(11-13)12-21-19(23-16)24-7-9-26-10-8-24/h1-4,12-13H,5-11H2,(H,22,25)/t13-/m0/s1. The number of anilines is 2. The molecule has 6 nitrogen and oxygen atoms in total. The number of carbonyl (C=O) groups is 1. The third-order valence-electron chi connectivity index (χ3n) is 4.93. The highest BCUT2D eigenvalue weighted by Crippen LogP contribution is 2.28. The fraction of sp³-hybridized carbons (Fsp3) is 0.421. The van der Waals surface area contributed by atoms with E-state index < -0.39 is 0 Å². The van der Waals surface area contributed by atoms with Crippen LogP contribution in [0.25, 0.3) is 0 Å². The lowest BCUT2D eigenvalue weighted by molar-refractivity contribution is -0.120. The molecule has 0 spiro atoms. The molecular formula is C19H21ClN4O2. The molecule has 26 heavy (non-hydrogen) atoms. The predicted molar refractivity (Wildman–Crippen MR) is 101 cm³/mol. The Morgan fingerprint density at radius 3 is 2.88 bits per heavy atom. The molecule has 1 aliphatic carbocycles. The average molecular weight is 373 g/mol. The summed E-state index contributed by atoms with van der Waals surface area (Å²) in [6.45, 7) is 3.07. The van der Waals surface area contributed by atoms with Gasteiger partial charge in [-0.1, -0.05) is 23.7 Å². The molecule has 2 heterocycles. The number of rotatable bonds is 3. The zero-order valence-electron chi connectivity index (χ0n) is 14.4. The van der Waals surface area contributed by atoms with Crippen molar-refractivity contribution in [2.45, 2.75) is 19.3 Å². The number of ether oxygens (including phenoxy) is 1. The first-order valence-corrected chi connectivity index (χ1v) is 9.31. The van der Waals surface area contributed by atoms with Crippen LogP contribution in [0.2, 0.25) is 5.02 Å². The Morgan fingerprint density at radius 1 is 1.27 bits per heavy atom. The van der Waals surface area contributed by atoms with E-state index in [4.69, 9.17) is 21.3 Å². The molecule has 1 aromatic carbocycles. The molecule has 1 amide bonds. The zero-order chi connectivity index (χ0) is 17.9. The molecule has 0 unspecified atom stereocenters. The number of hydrogen-bond acceptors (Lipinski definition) is 5. The lowest BCUT2D eigenvalue weighted by Gasteiger charge is -2.28. The van der Waals surface area contributed by atoms with Gasteiger partial charge in [-0.05, 0) is 37.0 Å². The van der Waals surface area contributed by atoms with Crippen LogP contribution in [0.15, 0.2) is 30.5 Å². The molecule has 1 N–H and O–H groups in total. The molecule has 0 saturated carbocycles. The normalized spacial score (nSPS) is 19.7. The number of halogens is 1. The summed E-state index contributed by atoms with van der Waals surface area (Å²) in [6.07, 6.45) is 4.11. The molecule has 1 saturated heterocycles. The van der Waals surface area contributed by atoms with Gasteiger partial charge < -0.3 is 15.0 Å². The number of hydrogen-bond donors (Lipinski definition) is 1. The lowest BCUT2D eigenvalue weighted by atomic mass is 9.86. The van der Waals surface area contributed by atoms with Crippen LogP contribution in [0, 0.1) is 5.92 Å². The summed E-state index contributed by atoms with van der Waals surface area (Å²) in [5, 5.41) is 3.49. The number of morpholine rings is 1. The number of nitrogens with one attached hydrogen (secondary N) is 1. The topological polar surface area (TPSA) is 67.4 Å². The number of amides is 1. The summed E-state index contributed by atoms with van der Waals surface area (Å²) in [4.78, 5) is 24.0. The molecule has 2 aliphatic rings. The first-order chi connectivity index (χ1) is 12.7. The van der Waals surface area contributed by atoms with Crippen molar-refractivity contribution in [2.75, 3.05) is 36.5 Å². The highest BCUT2D eigenvalue weighted by molar-refractivity contribution is 6.33. The largest absolute Gasteiger partial charge is 0.378 e. The Balaban J connectivity index is 1.44. The highest BCUT2D eigenvalue weighted by atomic mass is 35.5. The highest BCUT2D eigenvalue weighted by Gasteiger charge is 2.27. The molecule has 2 aromatic rings. The summed E-state index contributed by atoms with van der Waals surface area (Å²) in [5.74, 6) is 0.684. The molecule has 4 rings (SSSR count). The zero-order valence-corrected chi connectivity index (χ0v) is 15.2. The van der Waals surface area contributed by atoms with Crippen molar-refractivity contribution in [3.05, 3.63) is 46.7 Å². The van der Waals surface area contributed by atoms with Gasteiger partial charge in [-0.2, -0.15) is 0 Å². The minimum atomic E-state index is -0.0865. The van der Waals surface area contributed by atoms with Gasteiger partial charge in [0.15, 0.2) is 0 Å². The van der Waals surface area contributed by atoms with Gasteiger partial charge in [0.25, 0.3) is 0 Å². The Kier molecular flexibility index (Phi) is 5.04. The van der Waals surface area contributed by atoms with Gasteiger partial charge in [0, 0.05) is 30.9 Å². The quantitative estimate of drug-likeness (QED) is 0.897. The van der Waals surface area contributed by atoms with Crippen LogP contribution in [0.1, 0.15) is 17.7 Å². The molecule has 1 atom stereocenters. The summed E-state index contributed by atoms with van der Waals surface area (Å²) >= 11 is 6.13. The van der Waals surface area contributed by atoms with Crippen LogP contribution in [0.4, 0.5) is 11.6 Å². The fourth-order valence-corrected chi connectivity index (χ4v) is 3.62. The summed E-state index contributed by atoms with van der Waals surface area (Å²) < 4.78 is 5.38. The van der Waals surface area contributed by atoms with Crippen LogP contribution in [0.3, 0.4) is 0 Å². The molecular weight excluding hydrogens is 352 g/mol. The van der Waals surface area contributed by atoms with E-state index in [1.165, 1.54) is 0 Å². The van der Waals surface area contributed by atoms with E-state index in [-0.39, 0.29) is 11.8 Å². The number of benzene rings is 1. The number of fused-ring (bicyclic) bond motifs is 1. The van der Waals surface area contributed by atoms with E-state index in [0.717, 1.165) is 43.1 Å². The molecule has 1 aromatic heterocycles. The van der Waals surface area contributed by atoms with E-state index in [1.807, 2.05) is 24.4 Å². The van der Waals surface area contributed by atoms with Crippen LogP contribution in [-0.2, 0) is 22.4 Å². The van der Waals surface area contributed by atoms with E-state index in [0.29, 0.717) is 30.3 Å². The van der Waals surface area contributed by atoms with Gasteiger partial charge >= 0.3 is 0 Å². The van der Waals surface area contributed by atoms with Crippen LogP contribution < -0.4 is 10.2 Å². The van der Waals surface area contributed by atoms with Crippen molar-refractivity contribution in [2.24, 2.45) is 5.92 Å². The van der Waals surface area contributed by atoms with E-state index >= 15 is 0 Å². The average Bonchev–Trinajstić information content (AvgIpc) is 2.69. The SMILES string of the molecule is O=C(Nc1ccccc1Cl)[C@H]1CCc2nc(N3CCOCC3)ncc2C1. The van der Waals surface area contributed by atoms with E-state index in [1.54, 1.807) is 6.07 Å². The third kappa shape index (κ3) is 3.66. The molecule has 1 fully saturated rings. The monoisotopic (exact) mass is 372 g/mol. The minimum absolute atomic E-state index is 0.000931. The van der Waals surface area contributed by atoms with Gasteiger partial charge in [0.05, 0.1) is 23.9 Å². The van der Waals surface area contributed by atoms with Crippen molar-refractivity contribution >= 4 is 29.1 Å². The first-order valence-electron chi connectivity index (χ1n) is 8.93. The lowest BCUT2D eigenvalue weighted by Crippen LogP contribution is -2.38. The van der Waals surface area contributed by atoms with Gasteiger partial charge in [-0.25, -0.2) is 9.97 Å². The maximum atomic E-state index is 12.6. The second-order valence-electron chi connectivity index (χ2n) is 6.65. The van der Waals surface area contributed by atoms with Crippen molar-refractivity contribution in [3.8, 4) is 0 Å². The minimum Gasteiger partial charge on any atom is -0.378 e. The predicted octanol–water partition coefficient (Wildman–Crippen LogP) is 2.71. The van der Waals surface area contributed by atoms with E-state index in [9.17, 15) is 4.79 Å². The van der Waals surface area contributed by atoms with E-state index in [2.05, 4.69) is 15.2 Å². The second kappa shape index (κ2) is 7.60. The smallest absolute Gasteiger partial charge is 0.227 e. The molecule has 1 aliphatic heterocycles. The maximum absolute atomic E-state index is 12.6. The van der Waals surface area contributed by atoms with Crippen molar-refractivity contribution in [3.63, 3.8) is 0 Å². The molecule has 7 heteroatoms. The molecule has 136 valence electrons. The van der Waals surface area contributed by atoms with Crippen LogP contribution >= 0.6 is 11.6 Å². The summed E-state index contributed by atoms with van der Waals surface area (Å²) in [5.41, 5.74) is 2.78. The van der Waals surface area contributed by atoms with Gasteiger partial charge in [0.2, 0.25) is 11.9 Å². The summed E-state index contributed by atoms with van der Waals surface area (Å²) in [6, 6.07) is 7.29. The Bertz CT molecular complexity index is 808. The number of nitrogens with zero attached hydrogens (tertiary/aromatic N) is 3. The fourth-order valence-electron chi connectivity index (χ4n) is 3.43. The van der Waals surface area contributed by atoms with Crippen LogP contribution in [-0.4, -0.2) is 42.2 Å². The van der Waals surface area contributed by atoms with Gasteiger partial charge in [-0.15, -0.1) is 0 Å². The van der Waals surface area contributed by atoms with Gasteiger partial charge in [-0.3, -0.25) is 4.79 Å². The molecule has 0 radical (unpaired) electrons. The number of carbonyl (C=O) groups excluding carboxylic acids is 1. The first kappa shape index (κ1) is 17.2. The van der Waals surface area contributed by atoms with Crippen LogP contribution in [0.5, 0.6) is 0 Å². The third-order valence-corrected chi connectivity index (χ3v) is 5.26. The van der Waals surface area contributed by atoms with Crippen molar-refractivity contribution in [1.82, 2.24) is 9.97 Å². The Labute approximate surface area is 157 Å². The Morgan fingerprint density at radius 2 is 2.08 bits per heavy atom.